The quantitative estimate of drug-likeness (QED) is 0.217. The van der Waals surface area contributed by atoms with Crippen LogP contribution in [0.4, 0.5) is 13.2 Å². The third-order valence-corrected chi connectivity index (χ3v) is 8.43. The molecule has 0 heterocycles. The second-order valence-corrected chi connectivity index (χ2v) is 11.0. The van der Waals surface area contributed by atoms with Crippen molar-refractivity contribution in [3.8, 4) is 0 Å². The highest BCUT2D eigenvalue weighted by atomic mass is 32.2. The minimum absolute atomic E-state index is 0.0378. The molecule has 0 saturated carbocycles. The lowest BCUT2D eigenvalue weighted by molar-refractivity contribution is -0.137. The first-order chi connectivity index (χ1) is 16.5. The molecule has 0 N–H and O–H groups in total. The van der Waals surface area contributed by atoms with Crippen LogP contribution in [-0.4, -0.2) is 13.0 Å². The van der Waals surface area contributed by atoms with Crippen LogP contribution < -0.4 is 0 Å². The Bertz CT molecular complexity index is 1290. The summed E-state index contributed by atoms with van der Waals surface area (Å²) in [6.45, 7) is 4.43. The van der Waals surface area contributed by atoms with Gasteiger partial charge in [0.2, 0.25) is 0 Å². The van der Waals surface area contributed by atoms with Crippen molar-refractivity contribution in [1.82, 2.24) is 0 Å². The van der Waals surface area contributed by atoms with E-state index in [4.69, 9.17) is 0 Å². The first-order valence-corrected chi connectivity index (χ1v) is 13.2. The number of hydrogen-bond acceptors (Lipinski definition) is 3. The summed E-state index contributed by atoms with van der Waals surface area (Å²) >= 11 is 0. The predicted octanol–water partition coefficient (Wildman–Crippen LogP) is 7.01. The lowest BCUT2D eigenvalue weighted by Crippen LogP contribution is -2.08. The van der Waals surface area contributed by atoms with Gasteiger partial charge in [0.1, 0.15) is 10.1 Å². The molecule has 4 rings (SSSR count). The van der Waals surface area contributed by atoms with Crippen molar-refractivity contribution in [2.24, 2.45) is 0 Å². The largest absolute Gasteiger partial charge is 0.744 e. The van der Waals surface area contributed by atoms with Gasteiger partial charge in [-0.1, -0.05) is 54.6 Å². The molecule has 4 aromatic rings. The molecule has 0 radical (unpaired) electrons. The van der Waals surface area contributed by atoms with E-state index in [0.29, 0.717) is 24.3 Å². The highest BCUT2D eigenvalue weighted by Gasteiger charge is 2.31. The molecule has 0 unspecified atom stereocenters. The Morgan fingerprint density at radius 2 is 1.09 bits per heavy atom. The third-order valence-electron chi connectivity index (χ3n) is 5.04. The lowest BCUT2D eigenvalue weighted by atomic mass is 10.2. The van der Waals surface area contributed by atoms with Gasteiger partial charge < -0.3 is 4.55 Å². The first kappa shape index (κ1) is 26.5. The summed E-state index contributed by atoms with van der Waals surface area (Å²) in [4.78, 5) is 3.53. The Morgan fingerprint density at radius 1 is 0.657 bits per heavy atom. The van der Waals surface area contributed by atoms with E-state index in [-0.39, 0.29) is 10.9 Å². The molecular weight excluding hydrogens is 493 g/mol. The molecule has 0 atom stereocenters. The van der Waals surface area contributed by atoms with Crippen LogP contribution in [0, 0.1) is 13.8 Å². The average Bonchev–Trinajstić information content (AvgIpc) is 2.82. The van der Waals surface area contributed by atoms with Gasteiger partial charge in [-0.05, 0) is 62.4 Å². The molecule has 8 heteroatoms. The normalized spacial score (nSPS) is 11.6. The lowest BCUT2D eigenvalue weighted by Gasteiger charge is -2.12. The van der Waals surface area contributed by atoms with E-state index in [1.807, 2.05) is 0 Å². The predicted molar refractivity (Wildman–Crippen MR) is 130 cm³/mol. The molecule has 35 heavy (non-hydrogen) atoms. The van der Waals surface area contributed by atoms with Gasteiger partial charge in [0.05, 0.1) is 21.4 Å². The van der Waals surface area contributed by atoms with Gasteiger partial charge in [-0.3, -0.25) is 0 Å². The van der Waals surface area contributed by atoms with Crippen LogP contribution >= 0.6 is 0 Å². The summed E-state index contributed by atoms with van der Waals surface area (Å²) in [6.07, 6.45) is -4.54. The number of hydrogen-bond donors (Lipinski definition) is 0. The zero-order chi connectivity index (χ0) is 25.6. The van der Waals surface area contributed by atoms with Crippen LogP contribution in [-0.2, 0) is 27.2 Å². The van der Waals surface area contributed by atoms with E-state index in [9.17, 15) is 26.1 Å². The highest BCUT2D eigenvalue weighted by molar-refractivity contribution is 7.97. The summed E-state index contributed by atoms with van der Waals surface area (Å²) in [7, 11) is -4.72. The Balaban J connectivity index is 0.000000214. The number of benzene rings is 4. The molecule has 0 aliphatic heterocycles. The Kier molecular flexibility index (Phi) is 8.43. The zero-order valence-corrected chi connectivity index (χ0v) is 20.6. The summed E-state index contributed by atoms with van der Waals surface area (Å²) in [6, 6.07) is 30.6. The minimum atomic E-state index is -4.68. The molecule has 0 aromatic heterocycles. The van der Waals surface area contributed by atoms with Crippen LogP contribution in [0.25, 0.3) is 0 Å². The fourth-order valence-corrected chi connectivity index (χ4v) is 6.27. The minimum Gasteiger partial charge on any atom is -0.744 e. The Morgan fingerprint density at radius 3 is 1.46 bits per heavy atom. The second-order valence-electron chi connectivity index (χ2n) is 7.63. The molecule has 182 valence electrons. The van der Waals surface area contributed by atoms with Gasteiger partial charge in [-0.15, -0.1) is 0 Å². The van der Waals surface area contributed by atoms with Crippen LogP contribution in [0.3, 0.4) is 0 Å². The summed E-state index contributed by atoms with van der Waals surface area (Å²) < 4.78 is 67.0. The molecule has 0 saturated heterocycles. The molecule has 4 aromatic carbocycles. The highest BCUT2D eigenvalue weighted by Crippen LogP contribution is 2.35. The standard InChI is InChI=1S/C20H19S.C7H5F3O3S/c1-16-10-9-11-17(2)20(16)21(18-12-5-3-6-13-18)19-14-7-4-8-15-19;8-7(9,10)5-1-3-6(4-2-5)14(11,12)13/h3-15H,1-2H3;1-4H,(H,11,12,13)/q+1;/p-1. The van der Waals surface area contributed by atoms with Crippen LogP contribution in [0.1, 0.15) is 16.7 Å². The molecule has 0 spiro atoms. The molecule has 0 aliphatic carbocycles. The molecule has 3 nitrogen and oxygen atoms in total. The fraction of sp³-hybridized carbons (Fsp3) is 0.111. The van der Waals surface area contributed by atoms with Gasteiger partial charge in [-0.2, -0.15) is 13.2 Å². The maximum atomic E-state index is 12.0. The second kappa shape index (κ2) is 11.1. The summed E-state index contributed by atoms with van der Waals surface area (Å²) in [5, 5.41) is 0. The summed E-state index contributed by atoms with van der Waals surface area (Å²) in [5.74, 6) is 0. The van der Waals surface area contributed by atoms with E-state index in [1.54, 1.807) is 0 Å². The molecule has 0 aliphatic rings. The van der Waals surface area contributed by atoms with E-state index in [1.165, 1.54) is 25.8 Å². The SMILES string of the molecule is Cc1cccc(C)c1[S+](c1ccccc1)c1ccccc1.O=S(=O)([O-])c1ccc(C(F)(F)F)cc1. The number of aryl methyl sites for hydroxylation is 2. The third kappa shape index (κ3) is 6.97. The average molecular weight is 517 g/mol. The van der Waals surface area contributed by atoms with Crippen molar-refractivity contribution in [2.75, 3.05) is 0 Å². The van der Waals surface area contributed by atoms with E-state index >= 15 is 0 Å². The maximum Gasteiger partial charge on any atom is 0.416 e. The van der Waals surface area contributed by atoms with Crippen molar-refractivity contribution < 1.29 is 26.1 Å². The van der Waals surface area contributed by atoms with Gasteiger partial charge in [0, 0.05) is 11.1 Å². The van der Waals surface area contributed by atoms with Crippen molar-refractivity contribution in [3.05, 3.63) is 120 Å². The van der Waals surface area contributed by atoms with Crippen LogP contribution in [0.15, 0.2) is 123 Å². The van der Waals surface area contributed by atoms with E-state index < -0.39 is 26.8 Å². The van der Waals surface area contributed by atoms with Crippen molar-refractivity contribution in [2.45, 2.75) is 39.6 Å². The molecule has 0 fully saturated rings. The van der Waals surface area contributed by atoms with Crippen LogP contribution in [0.5, 0.6) is 0 Å². The monoisotopic (exact) mass is 516 g/mol. The van der Waals surface area contributed by atoms with Crippen LogP contribution in [0.2, 0.25) is 0 Å². The number of halogens is 3. The maximum absolute atomic E-state index is 12.0. The molecule has 0 bridgehead atoms. The van der Waals surface area contributed by atoms with Gasteiger partial charge in [0.25, 0.3) is 0 Å². The van der Waals surface area contributed by atoms with Gasteiger partial charge in [-0.25, -0.2) is 8.42 Å². The van der Waals surface area contributed by atoms with Gasteiger partial charge in [0.15, 0.2) is 14.7 Å². The Labute approximate surface area is 206 Å². The Hall–Kier alpha value is -3.07. The zero-order valence-electron chi connectivity index (χ0n) is 19.0. The first-order valence-electron chi connectivity index (χ1n) is 10.5. The molecule has 0 amide bonds. The number of rotatable bonds is 4. The number of alkyl halides is 3. The van der Waals surface area contributed by atoms with E-state index in [2.05, 4.69) is 92.7 Å². The van der Waals surface area contributed by atoms with Crippen molar-refractivity contribution in [1.29, 1.82) is 0 Å². The fourth-order valence-electron chi connectivity index (χ4n) is 3.42. The van der Waals surface area contributed by atoms with Crippen molar-refractivity contribution in [3.63, 3.8) is 0 Å². The smallest absolute Gasteiger partial charge is 0.416 e. The summed E-state index contributed by atoms with van der Waals surface area (Å²) in [5.41, 5.74) is 1.74. The van der Waals surface area contributed by atoms with E-state index in [0.717, 1.165) is 0 Å². The molecular formula is C27H23F3O3S2. The van der Waals surface area contributed by atoms with Crippen molar-refractivity contribution >= 4 is 21.0 Å². The topological polar surface area (TPSA) is 57.2 Å². The van der Waals surface area contributed by atoms with Gasteiger partial charge >= 0.3 is 6.18 Å².